The van der Waals surface area contributed by atoms with E-state index in [4.69, 9.17) is 4.74 Å². The van der Waals surface area contributed by atoms with Crippen LogP contribution in [0.1, 0.15) is 12.5 Å². The predicted octanol–water partition coefficient (Wildman–Crippen LogP) is 0.341. The van der Waals surface area contributed by atoms with Gasteiger partial charge in [-0.1, -0.05) is 6.08 Å². The Hall–Kier alpha value is -2.70. The summed E-state index contributed by atoms with van der Waals surface area (Å²) in [6.45, 7) is 1.94. The van der Waals surface area contributed by atoms with E-state index >= 15 is 0 Å². The third kappa shape index (κ3) is 1.89. The molecule has 4 unspecified atom stereocenters. The molecule has 7 heteroatoms. The van der Waals surface area contributed by atoms with Crippen LogP contribution in [-0.2, 0) is 19.1 Å². The zero-order valence-corrected chi connectivity index (χ0v) is 12.4. The number of ether oxygens (including phenoxy) is 1. The molecule has 0 saturated carbocycles. The molecular formula is C16H15N3O4. The SMILES string of the molecule is CCOC(=O)C1C=C2c3cccnc3NC2C2C(=O)NC(=O)C12. The number of carbonyl (C=O) groups is 3. The summed E-state index contributed by atoms with van der Waals surface area (Å²) in [6, 6.07) is 3.34. The minimum atomic E-state index is -0.759. The molecule has 7 nitrogen and oxygen atoms in total. The molecule has 4 atom stereocenters. The van der Waals surface area contributed by atoms with Crippen LogP contribution in [0.4, 0.5) is 5.82 Å². The lowest BCUT2D eigenvalue weighted by atomic mass is 9.71. The van der Waals surface area contributed by atoms with Gasteiger partial charge in [0.25, 0.3) is 0 Å². The lowest BCUT2D eigenvalue weighted by molar-refractivity contribution is -0.150. The number of amides is 2. The largest absolute Gasteiger partial charge is 0.466 e. The Bertz CT molecular complexity index is 757. The highest BCUT2D eigenvalue weighted by atomic mass is 16.5. The Morgan fingerprint density at radius 1 is 1.30 bits per heavy atom. The van der Waals surface area contributed by atoms with Crippen molar-refractivity contribution in [3.05, 3.63) is 30.0 Å². The first-order valence-electron chi connectivity index (χ1n) is 7.56. The van der Waals surface area contributed by atoms with Gasteiger partial charge in [-0.2, -0.15) is 0 Å². The molecule has 118 valence electrons. The zero-order chi connectivity index (χ0) is 16.1. The minimum Gasteiger partial charge on any atom is -0.466 e. The second-order valence-electron chi connectivity index (χ2n) is 5.83. The van der Waals surface area contributed by atoms with Crippen molar-refractivity contribution in [3.8, 4) is 0 Å². The number of nitrogens with one attached hydrogen (secondary N) is 2. The highest BCUT2D eigenvalue weighted by molar-refractivity contribution is 6.10. The molecule has 2 aliphatic heterocycles. The fourth-order valence-corrected chi connectivity index (χ4v) is 3.73. The molecule has 0 spiro atoms. The summed E-state index contributed by atoms with van der Waals surface area (Å²) < 4.78 is 5.10. The van der Waals surface area contributed by atoms with Gasteiger partial charge in [-0.05, 0) is 24.6 Å². The van der Waals surface area contributed by atoms with E-state index in [9.17, 15) is 14.4 Å². The average Bonchev–Trinajstić information content (AvgIpc) is 3.04. The van der Waals surface area contributed by atoms with Crippen LogP contribution in [0.2, 0.25) is 0 Å². The quantitative estimate of drug-likeness (QED) is 0.604. The van der Waals surface area contributed by atoms with Crippen molar-refractivity contribution in [2.75, 3.05) is 11.9 Å². The van der Waals surface area contributed by atoms with Crippen LogP contribution < -0.4 is 10.6 Å². The first-order chi connectivity index (χ1) is 11.1. The third-order valence-corrected chi connectivity index (χ3v) is 4.65. The highest BCUT2D eigenvalue weighted by Gasteiger charge is 2.56. The maximum atomic E-state index is 12.3. The van der Waals surface area contributed by atoms with Crippen LogP contribution >= 0.6 is 0 Å². The Labute approximate surface area is 132 Å². The molecule has 2 amide bonds. The number of fused-ring (bicyclic) bond motifs is 5. The van der Waals surface area contributed by atoms with Crippen LogP contribution in [0.25, 0.3) is 5.57 Å². The molecule has 0 radical (unpaired) electrons. The Morgan fingerprint density at radius 2 is 2.09 bits per heavy atom. The van der Waals surface area contributed by atoms with Crippen LogP contribution in [-0.4, -0.2) is 35.4 Å². The van der Waals surface area contributed by atoms with E-state index in [1.165, 1.54) is 0 Å². The molecule has 1 aromatic rings. The van der Waals surface area contributed by atoms with E-state index in [2.05, 4.69) is 15.6 Å². The number of imide groups is 1. The molecule has 1 aromatic heterocycles. The van der Waals surface area contributed by atoms with Crippen molar-refractivity contribution in [2.45, 2.75) is 13.0 Å². The highest BCUT2D eigenvalue weighted by Crippen LogP contribution is 2.47. The van der Waals surface area contributed by atoms with Crippen molar-refractivity contribution in [3.63, 3.8) is 0 Å². The second kappa shape index (κ2) is 4.91. The molecule has 3 aliphatic rings. The summed E-state index contributed by atoms with van der Waals surface area (Å²) in [6.07, 6.45) is 3.41. The summed E-state index contributed by atoms with van der Waals surface area (Å²) >= 11 is 0. The van der Waals surface area contributed by atoms with Gasteiger partial charge < -0.3 is 10.1 Å². The van der Waals surface area contributed by atoms with Gasteiger partial charge in [0, 0.05) is 11.8 Å². The maximum absolute atomic E-state index is 12.3. The van der Waals surface area contributed by atoms with Gasteiger partial charge in [-0.3, -0.25) is 19.7 Å². The summed E-state index contributed by atoms with van der Waals surface area (Å²) in [4.78, 5) is 41.0. The number of carbonyl (C=O) groups excluding carboxylic acids is 3. The smallest absolute Gasteiger partial charge is 0.313 e. The van der Waals surface area contributed by atoms with Crippen LogP contribution in [0.5, 0.6) is 0 Å². The molecule has 1 saturated heterocycles. The topological polar surface area (TPSA) is 97.4 Å². The molecule has 0 bridgehead atoms. The Morgan fingerprint density at radius 3 is 2.87 bits per heavy atom. The molecular weight excluding hydrogens is 298 g/mol. The van der Waals surface area contributed by atoms with E-state index < -0.39 is 29.6 Å². The minimum absolute atomic E-state index is 0.227. The van der Waals surface area contributed by atoms with Gasteiger partial charge >= 0.3 is 5.97 Å². The first kappa shape index (κ1) is 13.9. The van der Waals surface area contributed by atoms with Crippen molar-refractivity contribution in [1.82, 2.24) is 10.3 Å². The predicted molar refractivity (Wildman–Crippen MR) is 79.9 cm³/mol. The van der Waals surface area contributed by atoms with Gasteiger partial charge in [-0.25, -0.2) is 4.98 Å². The summed E-state index contributed by atoms with van der Waals surface area (Å²) in [5.74, 6) is -2.71. The van der Waals surface area contributed by atoms with Crippen molar-refractivity contribution in [2.24, 2.45) is 17.8 Å². The Kier molecular flexibility index (Phi) is 2.97. The molecule has 0 aromatic carbocycles. The lowest BCUT2D eigenvalue weighted by Gasteiger charge is -2.31. The molecule has 23 heavy (non-hydrogen) atoms. The maximum Gasteiger partial charge on any atom is 0.313 e. The van der Waals surface area contributed by atoms with Gasteiger partial charge in [0.1, 0.15) is 5.82 Å². The van der Waals surface area contributed by atoms with E-state index in [1.807, 2.05) is 6.07 Å². The van der Waals surface area contributed by atoms with Crippen molar-refractivity contribution in [1.29, 1.82) is 0 Å². The number of anilines is 1. The van der Waals surface area contributed by atoms with Crippen molar-refractivity contribution < 1.29 is 19.1 Å². The summed E-state index contributed by atoms with van der Waals surface area (Å²) in [5, 5.41) is 5.55. The fourth-order valence-electron chi connectivity index (χ4n) is 3.73. The number of hydrogen-bond donors (Lipinski definition) is 2. The Balaban J connectivity index is 1.84. The summed E-state index contributed by atoms with van der Waals surface area (Å²) in [5.41, 5.74) is 1.69. The number of nitrogens with zero attached hydrogens (tertiary/aromatic N) is 1. The van der Waals surface area contributed by atoms with Crippen LogP contribution in [0.15, 0.2) is 24.4 Å². The van der Waals surface area contributed by atoms with Gasteiger partial charge in [0.2, 0.25) is 11.8 Å². The monoisotopic (exact) mass is 313 g/mol. The molecule has 2 N–H and O–H groups in total. The van der Waals surface area contributed by atoms with E-state index in [-0.39, 0.29) is 18.6 Å². The molecule has 1 aliphatic carbocycles. The summed E-state index contributed by atoms with van der Waals surface area (Å²) in [7, 11) is 0. The number of esters is 1. The number of hydrogen-bond acceptors (Lipinski definition) is 6. The average molecular weight is 313 g/mol. The third-order valence-electron chi connectivity index (χ3n) is 4.65. The number of rotatable bonds is 2. The molecule has 3 heterocycles. The molecule has 4 rings (SSSR count). The van der Waals surface area contributed by atoms with Gasteiger partial charge in [0.05, 0.1) is 30.4 Å². The van der Waals surface area contributed by atoms with Crippen molar-refractivity contribution >= 4 is 29.2 Å². The van der Waals surface area contributed by atoms with Gasteiger partial charge in [-0.15, -0.1) is 0 Å². The van der Waals surface area contributed by atoms with Crippen LogP contribution in [0.3, 0.4) is 0 Å². The van der Waals surface area contributed by atoms with Crippen LogP contribution in [0, 0.1) is 17.8 Å². The zero-order valence-electron chi connectivity index (χ0n) is 12.4. The fraction of sp³-hybridized carbons (Fsp3) is 0.375. The van der Waals surface area contributed by atoms with E-state index in [0.29, 0.717) is 5.82 Å². The first-order valence-corrected chi connectivity index (χ1v) is 7.56. The van der Waals surface area contributed by atoms with E-state index in [1.54, 1.807) is 25.3 Å². The molecule has 1 fully saturated rings. The lowest BCUT2D eigenvalue weighted by Crippen LogP contribution is -2.43. The normalized spacial score (nSPS) is 30.6. The second-order valence-corrected chi connectivity index (χ2v) is 5.83. The standard InChI is InChI=1S/C16H15N3O4/c1-2-23-16(22)9-6-8-7-4-3-5-17-13(7)18-12(8)11-10(9)14(20)19-15(11)21/h3-6,9-12H,2H2,1H3,(H,17,18)(H,19,20,21). The number of aromatic nitrogens is 1. The van der Waals surface area contributed by atoms with Gasteiger partial charge in [0.15, 0.2) is 0 Å². The van der Waals surface area contributed by atoms with E-state index in [0.717, 1.165) is 11.1 Å². The number of pyridine rings is 1.